The number of anilines is 1. The summed E-state index contributed by atoms with van der Waals surface area (Å²) in [4.78, 5) is 12.2. The summed E-state index contributed by atoms with van der Waals surface area (Å²) in [6.45, 7) is 7.62. The van der Waals surface area contributed by atoms with Crippen LogP contribution >= 0.6 is 0 Å². The van der Waals surface area contributed by atoms with Gasteiger partial charge in [0.05, 0.1) is 5.56 Å². The number of hydrogen-bond donors (Lipinski definition) is 2. The van der Waals surface area contributed by atoms with Crippen molar-refractivity contribution >= 4 is 11.6 Å². The molecular formula is C17H23N3O. The van der Waals surface area contributed by atoms with E-state index in [0.29, 0.717) is 6.54 Å². The number of amides is 1. The van der Waals surface area contributed by atoms with Gasteiger partial charge in [-0.25, -0.2) is 0 Å². The summed E-state index contributed by atoms with van der Waals surface area (Å²) in [7, 11) is 0. The van der Waals surface area contributed by atoms with Crippen molar-refractivity contribution in [2.45, 2.75) is 33.7 Å². The van der Waals surface area contributed by atoms with Crippen LogP contribution in [0.1, 0.15) is 34.2 Å². The summed E-state index contributed by atoms with van der Waals surface area (Å²) in [6, 6.07) is 9.70. The van der Waals surface area contributed by atoms with Crippen molar-refractivity contribution in [1.29, 1.82) is 0 Å². The molecule has 21 heavy (non-hydrogen) atoms. The van der Waals surface area contributed by atoms with Gasteiger partial charge in [0.25, 0.3) is 5.91 Å². The van der Waals surface area contributed by atoms with Gasteiger partial charge in [-0.3, -0.25) is 4.79 Å². The van der Waals surface area contributed by atoms with Crippen molar-refractivity contribution < 1.29 is 4.79 Å². The number of nitrogens with two attached hydrogens (primary N) is 1. The molecule has 0 atom stereocenters. The van der Waals surface area contributed by atoms with Gasteiger partial charge in [0.2, 0.25) is 0 Å². The summed E-state index contributed by atoms with van der Waals surface area (Å²) >= 11 is 0. The lowest BCUT2D eigenvalue weighted by atomic mass is 10.1. The average Bonchev–Trinajstić information content (AvgIpc) is 2.75. The zero-order chi connectivity index (χ0) is 15.4. The molecule has 0 aliphatic heterocycles. The van der Waals surface area contributed by atoms with Crippen LogP contribution in [-0.2, 0) is 13.0 Å². The van der Waals surface area contributed by atoms with E-state index in [-0.39, 0.29) is 5.91 Å². The zero-order valence-electron chi connectivity index (χ0n) is 12.9. The second-order valence-electron chi connectivity index (χ2n) is 5.28. The molecular weight excluding hydrogens is 262 g/mol. The van der Waals surface area contributed by atoms with E-state index in [2.05, 4.69) is 16.8 Å². The highest BCUT2D eigenvalue weighted by Gasteiger charge is 2.14. The minimum Gasteiger partial charge on any atom is -0.399 e. The first-order valence-corrected chi connectivity index (χ1v) is 7.32. The molecule has 1 heterocycles. The number of aromatic nitrogens is 1. The molecule has 0 aliphatic rings. The molecule has 1 aromatic carbocycles. The van der Waals surface area contributed by atoms with Gasteiger partial charge in [0, 0.05) is 30.2 Å². The Kier molecular flexibility index (Phi) is 4.68. The van der Waals surface area contributed by atoms with Crippen LogP contribution in [0.15, 0.2) is 30.3 Å². The Morgan fingerprint density at radius 3 is 2.48 bits per heavy atom. The minimum atomic E-state index is -0.00162. The number of benzene rings is 1. The van der Waals surface area contributed by atoms with E-state index in [4.69, 9.17) is 5.73 Å². The second kappa shape index (κ2) is 6.48. The van der Waals surface area contributed by atoms with E-state index in [9.17, 15) is 4.79 Å². The van der Waals surface area contributed by atoms with Gasteiger partial charge in [0.1, 0.15) is 0 Å². The Morgan fingerprint density at radius 2 is 1.90 bits per heavy atom. The van der Waals surface area contributed by atoms with Crippen LogP contribution in [0.2, 0.25) is 0 Å². The monoisotopic (exact) mass is 285 g/mol. The lowest BCUT2D eigenvalue weighted by Gasteiger charge is -2.07. The molecule has 1 amide bonds. The standard InChI is InChI=1S/C17H23N3O/c1-4-20-12(2)11-16(13(20)3)17(21)19-10-9-14-5-7-15(18)8-6-14/h5-8,11H,4,9-10,18H2,1-3H3,(H,19,21). The van der Waals surface area contributed by atoms with Crippen LogP contribution in [0.3, 0.4) is 0 Å². The maximum absolute atomic E-state index is 12.2. The molecule has 4 heteroatoms. The van der Waals surface area contributed by atoms with Crippen molar-refractivity contribution in [2.24, 2.45) is 0 Å². The van der Waals surface area contributed by atoms with Crippen molar-refractivity contribution in [3.8, 4) is 0 Å². The smallest absolute Gasteiger partial charge is 0.253 e. The highest BCUT2D eigenvalue weighted by atomic mass is 16.1. The van der Waals surface area contributed by atoms with Crippen LogP contribution in [0.25, 0.3) is 0 Å². The number of nitrogens with one attached hydrogen (secondary N) is 1. The first kappa shape index (κ1) is 15.2. The Bertz CT molecular complexity index is 626. The fourth-order valence-electron chi connectivity index (χ4n) is 2.62. The molecule has 0 unspecified atom stereocenters. The van der Waals surface area contributed by atoms with Crippen LogP contribution in [0.4, 0.5) is 5.69 Å². The molecule has 1 aromatic heterocycles. The molecule has 0 saturated carbocycles. The van der Waals surface area contributed by atoms with Crippen LogP contribution in [-0.4, -0.2) is 17.0 Å². The van der Waals surface area contributed by atoms with Gasteiger partial charge in [-0.1, -0.05) is 12.1 Å². The first-order valence-electron chi connectivity index (χ1n) is 7.32. The number of nitrogens with zero attached hydrogens (tertiary/aromatic N) is 1. The Labute approximate surface area is 126 Å². The number of carbonyl (C=O) groups is 1. The fraction of sp³-hybridized carbons (Fsp3) is 0.353. The topological polar surface area (TPSA) is 60.0 Å². The maximum Gasteiger partial charge on any atom is 0.253 e. The highest BCUT2D eigenvalue weighted by molar-refractivity contribution is 5.95. The van der Waals surface area contributed by atoms with Crippen LogP contribution < -0.4 is 11.1 Å². The number of carbonyl (C=O) groups excluding carboxylic acids is 1. The Morgan fingerprint density at radius 1 is 1.24 bits per heavy atom. The summed E-state index contributed by atoms with van der Waals surface area (Å²) in [5.41, 5.74) is 10.5. The van der Waals surface area contributed by atoms with Crippen molar-refractivity contribution in [3.05, 3.63) is 52.8 Å². The average molecular weight is 285 g/mol. The molecule has 2 rings (SSSR count). The van der Waals surface area contributed by atoms with Crippen molar-refractivity contribution in [1.82, 2.24) is 9.88 Å². The molecule has 0 bridgehead atoms. The van der Waals surface area contributed by atoms with Crippen molar-refractivity contribution in [2.75, 3.05) is 12.3 Å². The fourth-order valence-corrected chi connectivity index (χ4v) is 2.62. The quantitative estimate of drug-likeness (QED) is 0.830. The number of aryl methyl sites for hydroxylation is 1. The van der Waals surface area contributed by atoms with E-state index >= 15 is 0 Å². The maximum atomic E-state index is 12.2. The number of nitrogen functional groups attached to an aromatic ring is 1. The summed E-state index contributed by atoms with van der Waals surface area (Å²) in [6.07, 6.45) is 0.804. The molecule has 112 valence electrons. The highest BCUT2D eigenvalue weighted by Crippen LogP contribution is 2.14. The third-order valence-electron chi connectivity index (χ3n) is 3.81. The molecule has 0 fully saturated rings. The van der Waals surface area contributed by atoms with Gasteiger partial charge in [0.15, 0.2) is 0 Å². The van der Waals surface area contributed by atoms with Gasteiger partial charge >= 0.3 is 0 Å². The summed E-state index contributed by atoms with van der Waals surface area (Å²) in [5.74, 6) is -0.00162. The third kappa shape index (κ3) is 3.45. The number of hydrogen-bond acceptors (Lipinski definition) is 2. The lowest BCUT2D eigenvalue weighted by Crippen LogP contribution is -2.26. The van der Waals surface area contributed by atoms with Crippen LogP contribution in [0, 0.1) is 13.8 Å². The molecule has 0 saturated heterocycles. The van der Waals surface area contributed by atoms with E-state index in [1.165, 1.54) is 5.56 Å². The molecule has 0 spiro atoms. The number of rotatable bonds is 5. The van der Waals surface area contributed by atoms with Crippen LogP contribution in [0.5, 0.6) is 0 Å². The Balaban J connectivity index is 1.94. The van der Waals surface area contributed by atoms with E-state index in [0.717, 1.165) is 35.6 Å². The third-order valence-corrected chi connectivity index (χ3v) is 3.81. The second-order valence-corrected chi connectivity index (χ2v) is 5.28. The molecule has 0 aliphatic carbocycles. The van der Waals surface area contributed by atoms with Gasteiger partial charge in [-0.15, -0.1) is 0 Å². The van der Waals surface area contributed by atoms with Gasteiger partial charge in [-0.05, 0) is 51.0 Å². The molecule has 0 radical (unpaired) electrons. The van der Waals surface area contributed by atoms with Gasteiger partial charge in [-0.2, -0.15) is 0 Å². The Hall–Kier alpha value is -2.23. The first-order chi connectivity index (χ1) is 10.0. The zero-order valence-corrected chi connectivity index (χ0v) is 12.9. The molecule has 2 aromatic rings. The predicted octanol–water partition coefficient (Wildman–Crippen LogP) is 2.68. The molecule has 4 nitrogen and oxygen atoms in total. The molecule has 3 N–H and O–H groups in total. The normalized spacial score (nSPS) is 10.6. The van der Waals surface area contributed by atoms with E-state index in [1.807, 2.05) is 44.2 Å². The summed E-state index contributed by atoms with van der Waals surface area (Å²) in [5, 5.41) is 2.98. The lowest BCUT2D eigenvalue weighted by molar-refractivity contribution is 0.0953. The largest absolute Gasteiger partial charge is 0.399 e. The van der Waals surface area contributed by atoms with Gasteiger partial charge < -0.3 is 15.6 Å². The summed E-state index contributed by atoms with van der Waals surface area (Å²) < 4.78 is 2.15. The van der Waals surface area contributed by atoms with Crippen molar-refractivity contribution in [3.63, 3.8) is 0 Å². The predicted molar refractivity (Wildman–Crippen MR) is 86.5 cm³/mol. The van der Waals surface area contributed by atoms with E-state index < -0.39 is 0 Å². The minimum absolute atomic E-state index is 0.00162. The SMILES string of the molecule is CCn1c(C)cc(C(=O)NCCc2ccc(N)cc2)c1C. The van der Waals surface area contributed by atoms with E-state index in [1.54, 1.807) is 0 Å².